The van der Waals surface area contributed by atoms with Gasteiger partial charge in [0.25, 0.3) is 0 Å². The van der Waals surface area contributed by atoms with Crippen molar-refractivity contribution in [3.63, 3.8) is 0 Å². The number of amides is 1. The van der Waals surface area contributed by atoms with E-state index in [2.05, 4.69) is 17.2 Å². The minimum absolute atomic E-state index is 0.0948. The largest absolute Gasteiger partial charge is 0.497 e. The Bertz CT molecular complexity index is 830. The van der Waals surface area contributed by atoms with E-state index in [1.807, 2.05) is 6.07 Å². The maximum Gasteiger partial charge on any atom is 0.356 e. The number of quaternary nitrogens is 1. The van der Waals surface area contributed by atoms with Crippen LogP contribution in [0, 0.1) is 5.92 Å². The molecule has 7 nitrogen and oxygen atoms in total. The predicted octanol–water partition coefficient (Wildman–Crippen LogP) is 1.61. The van der Waals surface area contributed by atoms with E-state index in [1.54, 1.807) is 19.2 Å². The Balaban J connectivity index is 1.75. The Kier molecular flexibility index (Phi) is 6.01. The molecular formula is C20H28N3O4+. The summed E-state index contributed by atoms with van der Waals surface area (Å²) in [6, 6.07) is 5.41. The lowest BCUT2D eigenvalue weighted by Crippen LogP contribution is -3.13. The monoisotopic (exact) mass is 374 g/mol. The number of nitrogens with one attached hydrogen (secondary N) is 3. The molecule has 1 aromatic heterocycles. The molecule has 2 aromatic rings. The van der Waals surface area contributed by atoms with Crippen LogP contribution in [0.15, 0.2) is 18.2 Å². The summed E-state index contributed by atoms with van der Waals surface area (Å²) in [7, 11) is 2.90. The quantitative estimate of drug-likeness (QED) is 0.671. The first-order chi connectivity index (χ1) is 13.0. The number of benzene rings is 1. The number of hydrogen-bond acceptors (Lipinski definition) is 4. The number of hydrogen-bond donors (Lipinski definition) is 3. The number of carbonyl (C=O) groups is 2. The van der Waals surface area contributed by atoms with Gasteiger partial charge in [-0.3, -0.25) is 4.79 Å². The highest BCUT2D eigenvalue weighted by atomic mass is 16.5. The van der Waals surface area contributed by atoms with E-state index >= 15 is 0 Å². The molecule has 0 saturated carbocycles. The van der Waals surface area contributed by atoms with Crippen LogP contribution < -0.4 is 15.0 Å². The van der Waals surface area contributed by atoms with E-state index in [0.29, 0.717) is 29.3 Å². The second kappa shape index (κ2) is 8.43. The topological polar surface area (TPSA) is 84.9 Å². The molecule has 0 bridgehead atoms. The van der Waals surface area contributed by atoms with Crippen LogP contribution in [0.1, 0.15) is 36.7 Å². The zero-order valence-electron chi connectivity index (χ0n) is 16.2. The molecule has 2 atom stereocenters. The van der Waals surface area contributed by atoms with Gasteiger partial charge < -0.3 is 24.7 Å². The molecule has 7 heteroatoms. The van der Waals surface area contributed by atoms with Crippen LogP contribution in [-0.4, -0.2) is 50.7 Å². The zero-order valence-corrected chi connectivity index (χ0v) is 16.2. The van der Waals surface area contributed by atoms with Crippen molar-refractivity contribution in [1.29, 1.82) is 0 Å². The van der Waals surface area contributed by atoms with Crippen molar-refractivity contribution in [2.45, 2.75) is 26.2 Å². The molecular weight excluding hydrogens is 346 g/mol. The number of carbonyl (C=O) groups excluding carboxylic acids is 2. The Morgan fingerprint density at radius 3 is 2.85 bits per heavy atom. The number of anilines is 1. The van der Waals surface area contributed by atoms with E-state index in [9.17, 15) is 9.59 Å². The number of ether oxygens (including phenoxy) is 2. The Morgan fingerprint density at radius 1 is 1.33 bits per heavy atom. The second-order valence-corrected chi connectivity index (χ2v) is 7.28. The lowest BCUT2D eigenvalue weighted by molar-refractivity contribution is -0.907. The third-order valence-electron chi connectivity index (χ3n) is 5.23. The fourth-order valence-electron chi connectivity index (χ4n) is 3.81. The number of likely N-dealkylation sites (tertiary alicyclic amines) is 1. The van der Waals surface area contributed by atoms with Crippen LogP contribution in [0.2, 0.25) is 0 Å². The van der Waals surface area contributed by atoms with Gasteiger partial charge in [-0.1, -0.05) is 6.92 Å². The van der Waals surface area contributed by atoms with E-state index in [4.69, 9.17) is 9.47 Å². The lowest BCUT2D eigenvalue weighted by Gasteiger charge is -2.27. The minimum atomic E-state index is -0.518. The fraction of sp³-hybridized carbons (Fsp3) is 0.500. The number of aromatic amines is 1. The third-order valence-corrected chi connectivity index (χ3v) is 5.23. The standard InChI is InChI=1S/C20H27N3O4/c1-13-5-4-9-23(12-13)10-8-17(24)22-18-15-7-6-14(26-2)11-16(15)21-19(18)20(25)27-3/h6-7,11,13,21H,4-5,8-10,12H2,1-3H3,(H,22,24)/p+1/t13-/m0/s1. The van der Waals surface area contributed by atoms with Crippen molar-refractivity contribution in [3.8, 4) is 5.75 Å². The van der Waals surface area contributed by atoms with Crippen molar-refractivity contribution in [2.75, 3.05) is 39.2 Å². The molecule has 1 aliphatic rings. The van der Waals surface area contributed by atoms with E-state index < -0.39 is 5.97 Å². The van der Waals surface area contributed by atoms with Crippen molar-refractivity contribution in [3.05, 3.63) is 23.9 Å². The number of aromatic nitrogens is 1. The molecule has 0 spiro atoms. The molecule has 146 valence electrons. The number of piperidine rings is 1. The minimum Gasteiger partial charge on any atom is -0.497 e. The average Bonchev–Trinajstić information content (AvgIpc) is 3.03. The van der Waals surface area contributed by atoms with E-state index in [0.717, 1.165) is 25.0 Å². The van der Waals surface area contributed by atoms with Crippen LogP contribution in [0.4, 0.5) is 5.69 Å². The summed E-state index contributed by atoms with van der Waals surface area (Å²) in [6.45, 7) is 5.31. The van der Waals surface area contributed by atoms with Gasteiger partial charge in [0, 0.05) is 17.4 Å². The summed E-state index contributed by atoms with van der Waals surface area (Å²) in [6.07, 6.45) is 2.91. The first kappa shape index (κ1) is 19.2. The molecule has 0 aliphatic carbocycles. The summed E-state index contributed by atoms with van der Waals surface area (Å²) in [5.41, 5.74) is 1.42. The summed E-state index contributed by atoms with van der Waals surface area (Å²) < 4.78 is 10.1. The van der Waals surface area contributed by atoms with Gasteiger partial charge >= 0.3 is 5.97 Å². The number of fused-ring (bicyclic) bond motifs is 1. The summed E-state index contributed by atoms with van der Waals surface area (Å²) in [5.74, 6) is 0.769. The highest BCUT2D eigenvalue weighted by molar-refractivity contribution is 6.11. The Hall–Kier alpha value is -2.54. The second-order valence-electron chi connectivity index (χ2n) is 7.28. The first-order valence-electron chi connectivity index (χ1n) is 9.43. The predicted molar refractivity (Wildman–Crippen MR) is 103 cm³/mol. The van der Waals surface area contributed by atoms with Gasteiger partial charge in [-0.05, 0) is 25.0 Å². The molecule has 3 rings (SSSR count). The van der Waals surface area contributed by atoms with Crippen molar-refractivity contribution in [2.24, 2.45) is 5.92 Å². The van der Waals surface area contributed by atoms with Gasteiger partial charge in [-0.15, -0.1) is 0 Å². The molecule has 1 aliphatic heterocycles. The molecule has 1 saturated heterocycles. The van der Waals surface area contributed by atoms with Gasteiger partial charge in [0.15, 0.2) is 0 Å². The van der Waals surface area contributed by atoms with Crippen molar-refractivity contribution >= 4 is 28.5 Å². The molecule has 1 aromatic carbocycles. The number of methoxy groups -OCH3 is 2. The van der Waals surface area contributed by atoms with Crippen LogP contribution in [-0.2, 0) is 9.53 Å². The SMILES string of the molecule is COC(=O)c1[nH]c2cc(OC)ccc2c1NC(=O)CC[NH+]1CCC[C@H](C)C1. The van der Waals surface area contributed by atoms with Gasteiger partial charge in [-0.2, -0.15) is 0 Å². The van der Waals surface area contributed by atoms with Gasteiger partial charge in [-0.25, -0.2) is 4.79 Å². The van der Waals surface area contributed by atoms with Gasteiger partial charge in [0.2, 0.25) is 5.91 Å². The van der Waals surface area contributed by atoms with Crippen LogP contribution in [0.25, 0.3) is 10.9 Å². The summed E-state index contributed by atoms with van der Waals surface area (Å²) >= 11 is 0. The highest BCUT2D eigenvalue weighted by Gasteiger charge is 2.23. The molecule has 1 amide bonds. The average molecular weight is 374 g/mol. The summed E-state index contributed by atoms with van der Waals surface area (Å²) in [5, 5.41) is 3.67. The maximum atomic E-state index is 12.5. The Labute approximate surface area is 159 Å². The van der Waals surface area contributed by atoms with Crippen molar-refractivity contribution in [1.82, 2.24) is 4.98 Å². The van der Waals surface area contributed by atoms with Crippen molar-refractivity contribution < 1.29 is 24.0 Å². The summed E-state index contributed by atoms with van der Waals surface area (Å²) in [4.78, 5) is 29.2. The number of H-pyrrole nitrogens is 1. The molecule has 27 heavy (non-hydrogen) atoms. The number of esters is 1. The lowest BCUT2D eigenvalue weighted by atomic mass is 10.0. The molecule has 1 unspecified atom stereocenters. The fourth-order valence-corrected chi connectivity index (χ4v) is 3.81. The van der Waals surface area contributed by atoms with E-state index in [-0.39, 0.29) is 11.6 Å². The van der Waals surface area contributed by atoms with Crippen LogP contribution in [0.5, 0.6) is 5.75 Å². The van der Waals surface area contributed by atoms with E-state index in [1.165, 1.54) is 24.9 Å². The van der Waals surface area contributed by atoms with Crippen LogP contribution in [0.3, 0.4) is 0 Å². The molecule has 1 fully saturated rings. The smallest absolute Gasteiger partial charge is 0.356 e. The Morgan fingerprint density at radius 2 is 2.15 bits per heavy atom. The molecule has 3 N–H and O–H groups in total. The number of rotatable bonds is 6. The zero-order chi connectivity index (χ0) is 19.4. The molecule has 0 radical (unpaired) electrons. The first-order valence-corrected chi connectivity index (χ1v) is 9.43. The van der Waals surface area contributed by atoms with Gasteiger partial charge in [0.1, 0.15) is 11.4 Å². The normalized spacial score (nSPS) is 19.7. The highest BCUT2D eigenvalue weighted by Crippen LogP contribution is 2.31. The van der Waals surface area contributed by atoms with Crippen LogP contribution >= 0.6 is 0 Å². The maximum absolute atomic E-state index is 12.5. The third kappa shape index (κ3) is 4.42. The molecule has 2 heterocycles. The van der Waals surface area contributed by atoms with Gasteiger partial charge in [0.05, 0.1) is 51.5 Å².